The minimum atomic E-state index is -3.75. The molecule has 0 radical (unpaired) electrons. The topological polar surface area (TPSA) is 93.0 Å². The Morgan fingerprint density at radius 1 is 1.16 bits per heavy atom. The molecular formula is C22H25N3O5S. The number of sulfonamides is 1. The number of rotatable bonds is 5. The van der Waals surface area contributed by atoms with Gasteiger partial charge < -0.3 is 14.1 Å². The molecule has 1 aliphatic rings. The lowest BCUT2D eigenvalue weighted by atomic mass is 9.96. The van der Waals surface area contributed by atoms with Gasteiger partial charge in [-0.05, 0) is 43.2 Å². The zero-order valence-corrected chi connectivity index (χ0v) is 18.6. The van der Waals surface area contributed by atoms with Gasteiger partial charge in [0.1, 0.15) is 16.2 Å². The van der Waals surface area contributed by atoms with Gasteiger partial charge in [0.05, 0.1) is 7.11 Å². The van der Waals surface area contributed by atoms with E-state index in [4.69, 9.17) is 9.15 Å². The summed E-state index contributed by atoms with van der Waals surface area (Å²) in [6.07, 6.45) is 1.47. The van der Waals surface area contributed by atoms with Gasteiger partial charge in [0.25, 0.3) is 5.91 Å². The van der Waals surface area contributed by atoms with Crippen molar-refractivity contribution in [2.45, 2.75) is 23.7 Å². The SMILES string of the molecule is COc1ccc(C(=O)N2CCC(c3nc4ccccc4o3)CC2)cc1S(=O)(=O)N(C)C. The third-order valence-corrected chi connectivity index (χ3v) is 7.45. The fourth-order valence-electron chi connectivity index (χ4n) is 3.78. The first-order valence-corrected chi connectivity index (χ1v) is 11.5. The molecule has 0 N–H and O–H groups in total. The number of aromatic nitrogens is 1. The molecule has 3 aromatic rings. The summed E-state index contributed by atoms with van der Waals surface area (Å²) in [6, 6.07) is 12.2. The monoisotopic (exact) mass is 443 g/mol. The molecule has 1 aromatic heterocycles. The third-order valence-electron chi connectivity index (χ3n) is 5.61. The van der Waals surface area contributed by atoms with Crippen LogP contribution >= 0.6 is 0 Å². The first-order valence-electron chi connectivity index (χ1n) is 10.1. The van der Waals surface area contributed by atoms with Crippen molar-refractivity contribution < 1.29 is 22.4 Å². The number of hydrogen-bond donors (Lipinski definition) is 0. The molecule has 0 spiro atoms. The molecule has 1 aliphatic heterocycles. The molecule has 4 rings (SSSR count). The van der Waals surface area contributed by atoms with E-state index in [9.17, 15) is 13.2 Å². The lowest BCUT2D eigenvalue weighted by molar-refractivity contribution is 0.0706. The minimum absolute atomic E-state index is 0.0211. The van der Waals surface area contributed by atoms with E-state index in [1.165, 1.54) is 33.3 Å². The highest BCUT2D eigenvalue weighted by atomic mass is 32.2. The molecule has 0 saturated carbocycles. The van der Waals surface area contributed by atoms with Crippen molar-refractivity contribution in [1.29, 1.82) is 0 Å². The van der Waals surface area contributed by atoms with E-state index in [1.807, 2.05) is 24.3 Å². The Morgan fingerprint density at radius 2 is 1.87 bits per heavy atom. The molecule has 0 bridgehead atoms. The predicted molar refractivity (Wildman–Crippen MR) is 116 cm³/mol. The van der Waals surface area contributed by atoms with Crippen molar-refractivity contribution in [1.82, 2.24) is 14.2 Å². The van der Waals surface area contributed by atoms with Gasteiger partial charge in [-0.2, -0.15) is 0 Å². The number of piperidine rings is 1. The number of carbonyl (C=O) groups is 1. The Balaban J connectivity index is 1.51. The number of nitrogens with zero attached hydrogens (tertiary/aromatic N) is 3. The molecule has 9 heteroatoms. The number of benzene rings is 2. The number of ether oxygens (including phenoxy) is 1. The zero-order valence-electron chi connectivity index (χ0n) is 17.7. The largest absolute Gasteiger partial charge is 0.495 e. The summed E-state index contributed by atoms with van der Waals surface area (Å²) in [5, 5.41) is 0. The highest BCUT2D eigenvalue weighted by molar-refractivity contribution is 7.89. The van der Waals surface area contributed by atoms with Crippen LogP contribution < -0.4 is 4.74 Å². The van der Waals surface area contributed by atoms with Gasteiger partial charge in [0, 0.05) is 38.7 Å². The van der Waals surface area contributed by atoms with Gasteiger partial charge in [0.2, 0.25) is 10.0 Å². The van der Waals surface area contributed by atoms with Crippen molar-refractivity contribution in [2.24, 2.45) is 0 Å². The molecule has 164 valence electrons. The molecule has 2 aromatic carbocycles. The zero-order chi connectivity index (χ0) is 22.2. The second kappa shape index (κ2) is 8.32. The van der Waals surface area contributed by atoms with Crippen LogP contribution in [0.4, 0.5) is 0 Å². The van der Waals surface area contributed by atoms with Crippen LogP contribution in [0, 0.1) is 0 Å². The highest BCUT2D eigenvalue weighted by Crippen LogP contribution is 2.32. The van der Waals surface area contributed by atoms with Crippen LogP contribution in [0.5, 0.6) is 5.75 Å². The van der Waals surface area contributed by atoms with Crippen molar-refractivity contribution in [3.05, 3.63) is 53.9 Å². The number of hydrogen-bond acceptors (Lipinski definition) is 6. The van der Waals surface area contributed by atoms with E-state index >= 15 is 0 Å². The van der Waals surface area contributed by atoms with Crippen molar-refractivity contribution >= 4 is 27.0 Å². The number of likely N-dealkylation sites (tertiary alicyclic amines) is 1. The molecule has 2 heterocycles. The van der Waals surface area contributed by atoms with E-state index in [0.29, 0.717) is 24.5 Å². The molecule has 1 fully saturated rings. The highest BCUT2D eigenvalue weighted by Gasteiger charge is 2.29. The summed E-state index contributed by atoms with van der Waals surface area (Å²) >= 11 is 0. The van der Waals surface area contributed by atoms with Crippen LogP contribution in [-0.2, 0) is 10.0 Å². The average Bonchev–Trinajstić information content (AvgIpc) is 3.22. The number of carbonyl (C=O) groups excluding carboxylic acids is 1. The third kappa shape index (κ3) is 4.03. The normalized spacial score (nSPS) is 15.5. The van der Waals surface area contributed by atoms with Crippen LogP contribution in [-0.4, -0.2) is 62.8 Å². The van der Waals surface area contributed by atoms with Gasteiger partial charge in [-0.25, -0.2) is 17.7 Å². The summed E-state index contributed by atoms with van der Waals surface area (Å²) in [7, 11) is 0.547. The maximum absolute atomic E-state index is 13.1. The maximum atomic E-state index is 13.1. The molecule has 1 amide bonds. The van der Waals surface area contributed by atoms with Crippen LogP contribution in [0.15, 0.2) is 51.8 Å². The summed E-state index contributed by atoms with van der Waals surface area (Å²) in [6.45, 7) is 1.09. The number of methoxy groups -OCH3 is 1. The molecule has 31 heavy (non-hydrogen) atoms. The Kier molecular flexibility index (Phi) is 5.72. The van der Waals surface area contributed by atoms with Crippen LogP contribution in [0.25, 0.3) is 11.1 Å². The second-order valence-electron chi connectivity index (χ2n) is 7.74. The van der Waals surface area contributed by atoms with Gasteiger partial charge in [-0.15, -0.1) is 0 Å². The van der Waals surface area contributed by atoms with Crippen molar-refractivity contribution in [2.75, 3.05) is 34.3 Å². The number of para-hydroxylation sites is 2. The van der Waals surface area contributed by atoms with E-state index < -0.39 is 10.0 Å². The van der Waals surface area contributed by atoms with Crippen LogP contribution in [0.2, 0.25) is 0 Å². The lowest BCUT2D eigenvalue weighted by Gasteiger charge is -2.31. The Bertz CT molecular complexity index is 1180. The minimum Gasteiger partial charge on any atom is -0.495 e. The Labute approximate surface area is 181 Å². The summed E-state index contributed by atoms with van der Waals surface area (Å²) in [4.78, 5) is 19.4. The predicted octanol–water partition coefficient (Wildman–Crippen LogP) is 3.11. The van der Waals surface area contributed by atoms with Gasteiger partial charge in [0.15, 0.2) is 11.5 Å². The molecule has 1 saturated heterocycles. The van der Waals surface area contributed by atoms with E-state index in [-0.39, 0.29) is 22.5 Å². The summed E-state index contributed by atoms with van der Waals surface area (Å²) < 4.78 is 37.5. The maximum Gasteiger partial charge on any atom is 0.253 e. The molecule has 0 aliphatic carbocycles. The average molecular weight is 444 g/mol. The van der Waals surface area contributed by atoms with Gasteiger partial charge >= 0.3 is 0 Å². The van der Waals surface area contributed by atoms with Crippen molar-refractivity contribution in [3.63, 3.8) is 0 Å². The van der Waals surface area contributed by atoms with E-state index in [1.54, 1.807) is 11.0 Å². The van der Waals surface area contributed by atoms with Crippen molar-refractivity contribution in [3.8, 4) is 5.75 Å². The number of oxazole rings is 1. The lowest BCUT2D eigenvalue weighted by Crippen LogP contribution is -2.38. The summed E-state index contributed by atoms with van der Waals surface area (Å²) in [5.41, 5.74) is 1.93. The standard InChI is InChI=1S/C22H25N3O5S/c1-24(2)31(27,28)20-14-16(8-9-19(20)29-3)22(26)25-12-10-15(11-13-25)21-23-17-6-4-5-7-18(17)30-21/h4-9,14-15H,10-13H2,1-3H3. The van der Waals surface area contributed by atoms with Crippen LogP contribution in [0.1, 0.15) is 35.0 Å². The molecular weight excluding hydrogens is 418 g/mol. The van der Waals surface area contributed by atoms with E-state index in [2.05, 4.69) is 4.98 Å². The van der Waals surface area contributed by atoms with Gasteiger partial charge in [-0.1, -0.05) is 12.1 Å². The fraction of sp³-hybridized carbons (Fsp3) is 0.364. The molecule has 0 unspecified atom stereocenters. The van der Waals surface area contributed by atoms with Gasteiger partial charge in [-0.3, -0.25) is 4.79 Å². The first-order chi connectivity index (χ1) is 14.8. The van der Waals surface area contributed by atoms with Crippen LogP contribution in [0.3, 0.4) is 0 Å². The number of fused-ring (bicyclic) bond motifs is 1. The first kappa shape index (κ1) is 21.3. The van der Waals surface area contributed by atoms with E-state index in [0.717, 1.165) is 28.2 Å². The fourth-order valence-corrected chi connectivity index (χ4v) is 4.86. The number of amides is 1. The summed E-state index contributed by atoms with van der Waals surface area (Å²) in [5.74, 6) is 0.864. The molecule has 0 atom stereocenters. The smallest absolute Gasteiger partial charge is 0.253 e. The Hall–Kier alpha value is -2.91. The second-order valence-corrected chi connectivity index (χ2v) is 9.86. The Morgan fingerprint density at radius 3 is 2.52 bits per heavy atom. The quantitative estimate of drug-likeness (QED) is 0.602. The molecule has 8 nitrogen and oxygen atoms in total.